The predicted octanol–water partition coefficient (Wildman–Crippen LogP) is 10.9. The lowest BCUT2D eigenvalue weighted by molar-refractivity contribution is -0.133. The number of carboxylic acid groups (broad SMARTS) is 1. The van der Waals surface area contributed by atoms with Gasteiger partial charge in [0.25, 0.3) is 0 Å². The van der Waals surface area contributed by atoms with E-state index in [1.807, 2.05) is 12.1 Å². The van der Waals surface area contributed by atoms with Crippen molar-refractivity contribution in [1.82, 2.24) is 9.62 Å². The van der Waals surface area contributed by atoms with Crippen LogP contribution in [0.2, 0.25) is 0 Å². The van der Waals surface area contributed by atoms with Crippen molar-refractivity contribution in [2.45, 2.75) is 56.4 Å². The zero-order valence-electron chi connectivity index (χ0n) is 29.1. The van der Waals surface area contributed by atoms with Gasteiger partial charge in [-0.3, -0.25) is 4.79 Å². The molecule has 0 saturated heterocycles. The summed E-state index contributed by atoms with van der Waals surface area (Å²) in [5.41, 5.74) is 4.99. The zero-order valence-corrected chi connectivity index (χ0v) is 30.7. The third-order valence-corrected chi connectivity index (χ3v) is 9.74. The molecule has 4 nitrogen and oxygen atoms in total. The number of allylic oxidation sites excluding steroid dienone is 4. The van der Waals surface area contributed by atoms with Crippen LogP contribution in [0.4, 0.5) is 4.39 Å². The van der Waals surface area contributed by atoms with Crippen LogP contribution in [-0.2, 0) is 11.2 Å². The first-order valence-corrected chi connectivity index (χ1v) is 17.8. The van der Waals surface area contributed by atoms with Gasteiger partial charge in [-0.1, -0.05) is 92.4 Å². The summed E-state index contributed by atoms with van der Waals surface area (Å²) in [6, 6.07) is 32.0. The number of hydrogen-bond acceptors (Lipinski definition) is 5. The van der Waals surface area contributed by atoms with Crippen LogP contribution in [0, 0.1) is 5.92 Å². The summed E-state index contributed by atoms with van der Waals surface area (Å²) in [4.78, 5) is 12.9. The summed E-state index contributed by atoms with van der Waals surface area (Å²) in [5.74, 6) is -0.498. The summed E-state index contributed by atoms with van der Waals surface area (Å²) < 4.78 is 14.8. The number of halogens is 1. The first kappa shape index (κ1) is 38.8. The molecule has 4 aromatic carbocycles. The molecule has 0 aliphatic rings. The molecule has 2 N–H and O–H groups in total. The van der Waals surface area contributed by atoms with Crippen molar-refractivity contribution in [3.8, 4) is 11.1 Å². The number of benzene rings is 4. The van der Waals surface area contributed by atoms with Crippen LogP contribution >= 0.6 is 23.7 Å². The number of nitrogens with zero attached hydrogens (tertiary/aromatic N) is 1. The fourth-order valence-corrected chi connectivity index (χ4v) is 6.61. The molecule has 0 aliphatic heterocycles. The monoisotopic (exact) mass is 684 g/mol. The highest BCUT2D eigenvalue weighted by Gasteiger charge is 2.19. The number of fused-ring (bicyclic) bond motifs is 1. The van der Waals surface area contributed by atoms with Crippen LogP contribution in [0.1, 0.15) is 40.2 Å². The van der Waals surface area contributed by atoms with Gasteiger partial charge in [-0.25, -0.2) is 8.70 Å². The number of hydrogen-bond donors (Lipinski definition) is 2. The van der Waals surface area contributed by atoms with Crippen LogP contribution in [-0.4, -0.2) is 46.8 Å². The van der Waals surface area contributed by atoms with E-state index in [0.717, 1.165) is 41.1 Å². The van der Waals surface area contributed by atoms with E-state index in [0.29, 0.717) is 11.5 Å². The van der Waals surface area contributed by atoms with Crippen LogP contribution in [0.25, 0.3) is 21.9 Å². The molecule has 48 heavy (non-hydrogen) atoms. The van der Waals surface area contributed by atoms with Crippen molar-refractivity contribution in [3.63, 3.8) is 0 Å². The van der Waals surface area contributed by atoms with Crippen molar-refractivity contribution < 1.29 is 14.3 Å². The summed E-state index contributed by atoms with van der Waals surface area (Å²) in [6.45, 7) is 19.1. The van der Waals surface area contributed by atoms with E-state index < -0.39 is 5.97 Å². The first-order valence-electron chi connectivity index (χ1n) is 16.1. The molecular weight excluding hydrogens is 636 g/mol. The quantitative estimate of drug-likeness (QED) is 0.0738. The minimum atomic E-state index is -0.798. The first-order chi connectivity index (χ1) is 22.8. The highest BCUT2D eigenvalue weighted by atomic mass is 32.2. The molecule has 4 rings (SSSR count). The molecule has 0 aliphatic carbocycles. The average molecular weight is 685 g/mol. The SMILES string of the molecule is C=C/C(F)=C(/C)C(=C)C.CC(CNC(C)(C)Cc1ccc2ccccc2c1)CN(C)Sc1ccc(-c2ccc(SCC(=O)O)cc2)cc1. The van der Waals surface area contributed by atoms with Gasteiger partial charge in [0.1, 0.15) is 5.83 Å². The molecule has 1 atom stereocenters. The van der Waals surface area contributed by atoms with E-state index in [1.54, 1.807) is 25.8 Å². The average Bonchev–Trinajstić information content (AvgIpc) is 3.06. The Morgan fingerprint density at radius 2 is 1.54 bits per heavy atom. The number of rotatable bonds is 15. The zero-order chi connectivity index (χ0) is 35.3. The van der Waals surface area contributed by atoms with Gasteiger partial charge in [0.2, 0.25) is 0 Å². The molecule has 0 aromatic heterocycles. The molecule has 0 spiro atoms. The molecule has 0 amide bonds. The van der Waals surface area contributed by atoms with Crippen molar-refractivity contribution in [3.05, 3.63) is 133 Å². The van der Waals surface area contributed by atoms with E-state index in [9.17, 15) is 9.18 Å². The molecule has 7 heteroatoms. The smallest absolute Gasteiger partial charge is 0.313 e. The Balaban J connectivity index is 0.000000609. The fraction of sp³-hybridized carbons (Fsp3) is 0.293. The van der Waals surface area contributed by atoms with Crippen molar-refractivity contribution in [2.75, 3.05) is 25.9 Å². The van der Waals surface area contributed by atoms with Crippen molar-refractivity contribution in [1.29, 1.82) is 0 Å². The second kappa shape index (κ2) is 18.8. The van der Waals surface area contributed by atoms with Crippen LogP contribution < -0.4 is 5.32 Å². The van der Waals surface area contributed by atoms with Crippen molar-refractivity contribution in [2.24, 2.45) is 5.92 Å². The molecule has 0 fully saturated rings. The second-order valence-electron chi connectivity index (χ2n) is 12.8. The highest BCUT2D eigenvalue weighted by Crippen LogP contribution is 2.28. The maximum Gasteiger partial charge on any atom is 0.313 e. The minimum Gasteiger partial charge on any atom is -0.481 e. The Kier molecular flexibility index (Phi) is 15.2. The number of carboxylic acids is 1. The molecule has 0 heterocycles. The highest BCUT2D eigenvalue weighted by molar-refractivity contribution is 8.00. The lowest BCUT2D eigenvalue weighted by Crippen LogP contribution is -2.44. The van der Waals surface area contributed by atoms with E-state index in [4.69, 9.17) is 5.11 Å². The van der Waals surface area contributed by atoms with E-state index in [2.05, 4.69) is 129 Å². The topological polar surface area (TPSA) is 52.6 Å². The van der Waals surface area contributed by atoms with E-state index in [-0.39, 0.29) is 17.1 Å². The number of thioether (sulfide) groups is 1. The summed E-state index contributed by atoms with van der Waals surface area (Å²) >= 11 is 3.11. The molecule has 0 radical (unpaired) electrons. The lowest BCUT2D eigenvalue weighted by atomic mass is 9.93. The maximum absolute atomic E-state index is 12.5. The molecular formula is C41H49FN2O2S2. The largest absolute Gasteiger partial charge is 0.481 e. The predicted molar refractivity (Wildman–Crippen MR) is 206 cm³/mol. The maximum atomic E-state index is 12.5. The summed E-state index contributed by atoms with van der Waals surface area (Å²) in [7, 11) is 2.16. The number of carbonyl (C=O) groups is 1. The molecule has 254 valence electrons. The van der Waals surface area contributed by atoms with Gasteiger partial charge in [0.05, 0.1) is 5.75 Å². The molecule has 4 aromatic rings. The van der Waals surface area contributed by atoms with Crippen molar-refractivity contribution >= 4 is 40.5 Å². The lowest BCUT2D eigenvalue weighted by Gasteiger charge is -2.29. The van der Waals surface area contributed by atoms with Gasteiger partial charge in [0.15, 0.2) is 0 Å². The van der Waals surface area contributed by atoms with Gasteiger partial charge in [0, 0.05) is 21.9 Å². The van der Waals surface area contributed by atoms with Crippen LogP contribution in [0.3, 0.4) is 0 Å². The summed E-state index contributed by atoms with van der Waals surface area (Å²) in [5, 5.41) is 15.2. The van der Waals surface area contributed by atoms with Gasteiger partial charge < -0.3 is 10.4 Å². The number of nitrogens with one attached hydrogen (secondary N) is 1. The van der Waals surface area contributed by atoms with Gasteiger partial charge >= 0.3 is 5.97 Å². The Morgan fingerprint density at radius 1 is 0.958 bits per heavy atom. The van der Waals surface area contributed by atoms with Gasteiger partial charge in [-0.05, 0) is 129 Å². The normalized spacial score (nSPS) is 12.6. The Bertz CT molecular complexity index is 1700. The van der Waals surface area contributed by atoms with Crippen LogP contribution in [0.5, 0.6) is 0 Å². The fourth-order valence-electron chi connectivity index (χ4n) is 5.05. The van der Waals surface area contributed by atoms with Gasteiger partial charge in [-0.15, -0.1) is 11.8 Å². The third-order valence-electron chi connectivity index (χ3n) is 7.80. The minimum absolute atomic E-state index is 0.0193. The van der Waals surface area contributed by atoms with Gasteiger partial charge in [-0.2, -0.15) is 0 Å². The summed E-state index contributed by atoms with van der Waals surface area (Å²) in [6.07, 6.45) is 2.18. The standard InChI is InChI=1S/C33H38N2O2S2.C8H11F/c1-24(21-34-33(2,3)20-25-9-10-26-7-5-6-8-29(26)19-25)22-35(4)39-31-17-13-28(14-18-31)27-11-15-30(16-12-27)38-23-32(36)37;1-5-8(9)7(4)6(2)3/h5-19,24,34H,20-23H2,1-4H3,(H,36,37);5H,1-2H2,3-4H3/b;8-7+. The second-order valence-corrected chi connectivity index (χ2v) is 15.1. The van der Waals surface area contributed by atoms with E-state index in [1.165, 1.54) is 39.1 Å². The molecule has 1 unspecified atom stereocenters. The van der Waals surface area contributed by atoms with E-state index >= 15 is 0 Å². The van der Waals surface area contributed by atoms with Crippen LogP contribution in [0.15, 0.2) is 137 Å². The Morgan fingerprint density at radius 3 is 2.08 bits per heavy atom. The number of aliphatic carboxylic acids is 1. The molecule has 0 saturated carbocycles. The Hall–Kier alpha value is -3.62. The molecule has 0 bridgehead atoms. The third kappa shape index (κ3) is 13.1. The Labute approximate surface area is 295 Å².